The van der Waals surface area contributed by atoms with Crippen LogP contribution in [0.4, 0.5) is 0 Å². The van der Waals surface area contributed by atoms with E-state index in [2.05, 4.69) is 75.8 Å². The highest BCUT2D eigenvalue weighted by Crippen LogP contribution is 2.18. The van der Waals surface area contributed by atoms with Gasteiger partial charge in [-0.25, -0.2) is 0 Å². The Labute approximate surface area is 197 Å². The molecule has 1 aliphatic heterocycles. The van der Waals surface area contributed by atoms with E-state index in [0.717, 1.165) is 44.7 Å². The Morgan fingerprint density at radius 2 is 1.36 bits per heavy atom. The van der Waals surface area contributed by atoms with E-state index in [0.29, 0.717) is 6.54 Å². The molecule has 1 heterocycles. The summed E-state index contributed by atoms with van der Waals surface area (Å²) in [5, 5.41) is 3.29. The Morgan fingerprint density at radius 1 is 0.788 bits per heavy atom. The van der Waals surface area contributed by atoms with Crippen molar-refractivity contribution in [1.29, 1.82) is 0 Å². The lowest BCUT2D eigenvalue weighted by atomic mass is 9.99. The summed E-state index contributed by atoms with van der Waals surface area (Å²) in [5.41, 5.74) is 3.60. The summed E-state index contributed by atoms with van der Waals surface area (Å²) in [6.45, 7) is 5.20. The number of nitrogens with zero attached hydrogens (tertiary/aromatic N) is 2. The van der Waals surface area contributed by atoms with Crippen LogP contribution in [-0.2, 0) is 11.2 Å². The van der Waals surface area contributed by atoms with E-state index in [1.54, 1.807) is 0 Å². The number of nitrogens with one attached hydrogen (secondary N) is 1. The second-order valence-corrected chi connectivity index (χ2v) is 8.61. The molecule has 0 saturated carbocycles. The first-order chi connectivity index (χ1) is 16.3. The van der Waals surface area contributed by atoms with Crippen molar-refractivity contribution in [3.8, 4) is 0 Å². The average molecular weight is 440 g/mol. The summed E-state index contributed by atoms with van der Waals surface area (Å²) in [6.07, 6.45) is 5.19. The second kappa shape index (κ2) is 12.1. The van der Waals surface area contributed by atoms with Crippen LogP contribution in [0.25, 0.3) is 6.08 Å². The predicted molar refractivity (Wildman–Crippen MR) is 136 cm³/mol. The number of hydrogen-bond acceptors (Lipinski definition) is 3. The van der Waals surface area contributed by atoms with Gasteiger partial charge < -0.3 is 5.32 Å². The largest absolute Gasteiger partial charge is 0.348 e. The zero-order valence-corrected chi connectivity index (χ0v) is 19.1. The Kier molecular flexibility index (Phi) is 8.45. The number of hydrogen-bond donors (Lipinski definition) is 1. The van der Waals surface area contributed by atoms with Crippen LogP contribution in [-0.4, -0.2) is 55.0 Å². The zero-order valence-electron chi connectivity index (χ0n) is 19.1. The molecule has 4 nitrogen and oxygen atoms in total. The van der Waals surface area contributed by atoms with Crippen LogP contribution in [0.15, 0.2) is 97.1 Å². The van der Waals surface area contributed by atoms with Crippen LogP contribution in [0.1, 0.15) is 22.7 Å². The van der Waals surface area contributed by atoms with Gasteiger partial charge in [0.15, 0.2) is 0 Å². The van der Waals surface area contributed by atoms with Crippen molar-refractivity contribution >= 4 is 12.0 Å². The molecule has 1 atom stereocenters. The first kappa shape index (κ1) is 23.0. The predicted octanol–water partition coefficient (Wildman–Crippen LogP) is 4.42. The number of piperazine rings is 1. The van der Waals surface area contributed by atoms with E-state index in [1.165, 1.54) is 11.1 Å². The monoisotopic (exact) mass is 439 g/mol. The maximum atomic E-state index is 12.9. The summed E-state index contributed by atoms with van der Waals surface area (Å²) < 4.78 is 0. The van der Waals surface area contributed by atoms with Crippen LogP contribution >= 0.6 is 0 Å². The van der Waals surface area contributed by atoms with Crippen molar-refractivity contribution in [1.82, 2.24) is 15.1 Å². The molecule has 0 aromatic heterocycles. The van der Waals surface area contributed by atoms with Crippen LogP contribution in [0, 0.1) is 0 Å². The molecule has 33 heavy (non-hydrogen) atoms. The third kappa shape index (κ3) is 7.41. The molecule has 4 heteroatoms. The number of amides is 1. The molecule has 0 aliphatic carbocycles. The quantitative estimate of drug-likeness (QED) is 0.536. The minimum absolute atomic E-state index is 0.0227. The van der Waals surface area contributed by atoms with E-state index >= 15 is 0 Å². The lowest BCUT2D eigenvalue weighted by Gasteiger charge is -2.34. The molecule has 3 aromatic rings. The van der Waals surface area contributed by atoms with Crippen LogP contribution in [0.3, 0.4) is 0 Å². The number of carbonyl (C=O) groups excluding carboxylic acids is 1. The SMILES string of the molecule is O=C(CN1CCN(C/C=C/c2ccccc2)CC1)NC(Cc1ccccc1)c1ccccc1. The third-order valence-corrected chi connectivity index (χ3v) is 6.13. The van der Waals surface area contributed by atoms with Gasteiger partial charge in [0.05, 0.1) is 12.6 Å². The van der Waals surface area contributed by atoms with Gasteiger partial charge in [-0.2, -0.15) is 0 Å². The minimum atomic E-state index is -0.0227. The lowest BCUT2D eigenvalue weighted by molar-refractivity contribution is -0.123. The fraction of sp³-hybridized carbons (Fsp3) is 0.276. The van der Waals surface area contributed by atoms with Gasteiger partial charge >= 0.3 is 0 Å². The molecule has 1 saturated heterocycles. The molecule has 3 aromatic carbocycles. The summed E-state index contributed by atoms with van der Waals surface area (Å²) in [7, 11) is 0. The van der Waals surface area contributed by atoms with E-state index in [1.807, 2.05) is 42.5 Å². The maximum Gasteiger partial charge on any atom is 0.234 e. The average Bonchev–Trinajstić information content (AvgIpc) is 2.86. The number of rotatable bonds is 9. The highest BCUT2D eigenvalue weighted by atomic mass is 16.2. The highest BCUT2D eigenvalue weighted by molar-refractivity contribution is 5.78. The van der Waals surface area contributed by atoms with Crippen LogP contribution in [0.5, 0.6) is 0 Å². The van der Waals surface area contributed by atoms with Crippen molar-refractivity contribution in [3.05, 3.63) is 114 Å². The van der Waals surface area contributed by atoms with Crippen molar-refractivity contribution in [2.45, 2.75) is 12.5 Å². The molecule has 0 bridgehead atoms. The maximum absolute atomic E-state index is 12.9. The number of carbonyl (C=O) groups is 1. The van der Waals surface area contributed by atoms with Crippen molar-refractivity contribution in [3.63, 3.8) is 0 Å². The fourth-order valence-electron chi connectivity index (χ4n) is 4.26. The molecule has 1 fully saturated rings. The molecule has 4 rings (SSSR count). The van der Waals surface area contributed by atoms with E-state index in [9.17, 15) is 4.79 Å². The molecule has 1 aliphatic rings. The first-order valence-electron chi connectivity index (χ1n) is 11.8. The normalized spacial score (nSPS) is 16.0. The molecular weight excluding hydrogens is 406 g/mol. The molecule has 1 amide bonds. The molecule has 0 spiro atoms. The van der Waals surface area contributed by atoms with Gasteiger partial charge in [-0.1, -0.05) is 103 Å². The van der Waals surface area contributed by atoms with Crippen LogP contribution < -0.4 is 5.32 Å². The molecule has 0 radical (unpaired) electrons. The van der Waals surface area contributed by atoms with E-state index < -0.39 is 0 Å². The molecule has 170 valence electrons. The Hall–Kier alpha value is -3.21. The zero-order chi connectivity index (χ0) is 22.7. The van der Waals surface area contributed by atoms with Gasteiger partial charge in [0.2, 0.25) is 5.91 Å². The van der Waals surface area contributed by atoms with Crippen LogP contribution in [0.2, 0.25) is 0 Å². The summed E-state index contributed by atoms with van der Waals surface area (Å²) in [6, 6.07) is 31.0. The van der Waals surface area contributed by atoms with E-state index in [-0.39, 0.29) is 11.9 Å². The minimum Gasteiger partial charge on any atom is -0.348 e. The second-order valence-electron chi connectivity index (χ2n) is 8.61. The summed E-state index contributed by atoms with van der Waals surface area (Å²) in [5.74, 6) is 0.0946. The van der Waals surface area contributed by atoms with Crippen molar-refractivity contribution < 1.29 is 4.79 Å². The summed E-state index contributed by atoms with van der Waals surface area (Å²) >= 11 is 0. The fourth-order valence-corrected chi connectivity index (χ4v) is 4.26. The lowest BCUT2D eigenvalue weighted by Crippen LogP contribution is -2.49. The third-order valence-electron chi connectivity index (χ3n) is 6.13. The van der Waals surface area contributed by atoms with Crippen molar-refractivity contribution in [2.24, 2.45) is 0 Å². The Morgan fingerprint density at radius 3 is 2.03 bits per heavy atom. The Bertz CT molecular complexity index is 997. The number of benzene rings is 3. The molecular formula is C29H33N3O. The van der Waals surface area contributed by atoms with E-state index in [4.69, 9.17) is 0 Å². The van der Waals surface area contributed by atoms with Crippen molar-refractivity contribution in [2.75, 3.05) is 39.3 Å². The van der Waals surface area contributed by atoms with Gasteiger partial charge in [-0.05, 0) is 23.1 Å². The summed E-state index contributed by atoms with van der Waals surface area (Å²) in [4.78, 5) is 17.6. The van der Waals surface area contributed by atoms with Gasteiger partial charge in [0.25, 0.3) is 0 Å². The Balaban J connectivity index is 1.25. The highest BCUT2D eigenvalue weighted by Gasteiger charge is 2.20. The van der Waals surface area contributed by atoms with Gasteiger partial charge in [-0.3, -0.25) is 14.6 Å². The van der Waals surface area contributed by atoms with Gasteiger partial charge in [0, 0.05) is 32.7 Å². The molecule has 1 unspecified atom stereocenters. The van der Waals surface area contributed by atoms with Gasteiger partial charge in [-0.15, -0.1) is 0 Å². The smallest absolute Gasteiger partial charge is 0.234 e. The first-order valence-corrected chi connectivity index (χ1v) is 11.8. The van der Waals surface area contributed by atoms with Gasteiger partial charge in [0.1, 0.15) is 0 Å². The standard InChI is InChI=1S/C29H33N3O/c33-29(30-28(27-16-8-3-9-17-27)23-26-13-6-2-7-14-26)24-32-21-19-31(20-22-32)18-10-15-25-11-4-1-5-12-25/h1-17,28H,18-24H2,(H,30,33)/b15-10+. The topological polar surface area (TPSA) is 35.6 Å². The molecule has 1 N–H and O–H groups in total.